The fourth-order valence-corrected chi connectivity index (χ4v) is 2.23. The summed E-state index contributed by atoms with van der Waals surface area (Å²) in [5.74, 6) is -0.162. The van der Waals surface area contributed by atoms with Crippen LogP contribution in [0.2, 0.25) is 0 Å². The molecule has 1 aromatic rings. The summed E-state index contributed by atoms with van der Waals surface area (Å²) < 4.78 is 12.9. The van der Waals surface area contributed by atoms with Crippen LogP contribution < -0.4 is 11.1 Å². The summed E-state index contributed by atoms with van der Waals surface area (Å²) in [4.78, 5) is 0. The molecule has 1 aromatic carbocycles. The van der Waals surface area contributed by atoms with Crippen LogP contribution in [-0.2, 0) is 6.54 Å². The average molecular weight is 295 g/mol. The predicted molar refractivity (Wildman–Crippen MR) is 78.0 cm³/mol. The SMILES string of the molecule is Cl.Cl.NC1CCC(NCc2cccc(F)c2)CC1. The molecule has 0 saturated heterocycles. The Labute approximate surface area is 120 Å². The first-order valence-electron chi connectivity index (χ1n) is 5.97. The molecule has 2 rings (SSSR count). The fourth-order valence-electron chi connectivity index (χ4n) is 2.23. The van der Waals surface area contributed by atoms with Gasteiger partial charge in [-0.25, -0.2) is 4.39 Å². The van der Waals surface area contributed by atoms with Gasteiger partial charge in [-0.05, 0) is 43.4 Å². The maximum atomic E-state index is 12.9. The van der Waals surface area contributed by atoms with Crippen LogP contribution in [0.5, 0.6) is 0 Å². The average Bonchev–Trinajstić information content (AvgIpc) is 2.28. The molecule has 0 radical (unpaired) electrons. The molecule has 0 spiro atoms. The summed E-state index contributed by atoms with van der Waals surface area (Å²) in [7, 11) is 0. The lowest BCUT2D eigenvalue weighted by Crippen LogP contribution is -2.37. The van der Waals surface area contributed by atoms with Crippen molar-refractivity contribution in [2.45, 2.75) is 44.3 Å². The molecule has 1 aliphatic carbocycles. The Morgan fingerprint density at radius 1 is 1.17 bits per heavy atom. The minimum Gasteiger partial charge on any atom is -0.328 e. The van der Waals surface area contributed by atoms with Gasteiger partial charge in [0, 0.05) is 18.6 Å². The highest BCUT2D eigenvalue weighted by Crippen LogP contribution is 2.17. The molecular formula is C13H21Cl2FN2. The second kappa shape index (κ2) is 8.70. The molecule has 1 aliphatic rings. The van der Waals surface area contributed by atoms with Crippen LogP contribution >= 0.6 is 24.8 Å². The van der Waals surface area contributed by atoms with Crippen LogP contribution in [0.25, 0.3) is 0 Å². The molecule has 0 atom stereocenters. The van der Waals surface area contributed by atoms with E-state index in [9.17, 15) is 4.39 Å². The van der Waals surface area contributed by atoms with E-state index in [1.54, 1.807) is 12.1 Å². The lowest BCUT2D eigenvalue weighted by Gasteiger charge is -2.26. The Balaban J connectivity index is 0.00000144. The maximum Gasteiger partial charge on any atom is 0.123 e. The zero-order valence-electron chi connectivity index (χ0n) is 10.3. The summed E-state index contributed by atoms with van der Waals surface area (Å²) in [5, 5.41) is 3.46. The molecule has 0 aliphatic heterocycles. The number of hydrogen-bond donors (Lipinski definition) is 2. The van der Waals surface area contributed by atoms with Gasteiger partial charge in [-0.15, -0.1) is 24.8 Å². The van der Waals surface area contributed by atoms with Crippen LogP contribution in [0.1, 0.15) is 31.2 Å². The van der Waals surface area contributed by atoms with Gasteiger partial charge in [0.05, 0.1) is 0 Å². The normalized spacial score (nSPS) is 22.8. The minimum atomic E-state index is -0.162. The third kappa shape index (κ3) is 5.53. The number of nitrogens with one attached hydrogen (secondary N) is 1. The van der Waals surface area contributed by atoms with Gasteiger partial charge in [-0.1, -0.05) is 12.1 Å². The first kappa shape index (κ1) is 17.6. The van der Waals surface area contributed by atoms with Gasteiger partial charge in [-0.2, -0.15) is 0 Å². The zero-order valence-corrected chi connectivity index (χ0v) is 11.9. The van der Waals surface area contributed by atoms with Crippen molar-refractivity contribution in [2.24, 2.45) is 5.73 Å². The van der Waals surface area contributed by atoms with Crippen LogP contribution in [0, 0.1) is 5.82 Å². The van der Waals surface area contributed by atoms with Gasteiger partial charge in [0.1, 0.15) is 5.82 Å². The van der Waals surface area contributed by atoms with Crippen LogP contribution in [0.3, 0.4) is 0 Å². The minimum absolute atomic E-state index is 0. The number of benzene rings is 1. The fraction of sp³-hybridized carbons (Fsp3) is 0.538. The van der Waals surface area contributed by atoms with Crippen molar-refractivity contribution in [3.63, 3.8) is 0 Å². The van der Waals surface area contributed by atoms with Crippen LogP contribution in [-0.4, -0.2) is 12.1 Å². The second-order valence-electron chi connectivity index (χ2n) is 4.62. The maximum absolute atomic E-state index is 12.9. The first-order valence-corrected chi connectivity index (χ1v) is 5.97. The molecule has 2 nitrogen and oxygen atoms in total. The molecule has 0 aromatic heterocycles. The Morgan fingerprint density at radius 3 is 2.44 bits per heavy atom. The molecule has 1 saturated carbocycles. The Bertz CT molecular complexity index is 342. The Morgan fingerprint density at radius 2 is 1.83 bits per heavy atom. The summed E-state index contributed by atoms with van der Waals surface area (Å²) >= 11 is 0. The first-order chi connectivity index (χ1) is 7.74. The van der Waals surface area contributed by atoms with Crippen molar-refractivity contribution >= 4 is 24.8 Å². The molecule has 1 fully saturated rings. The Kier molecular flexibility index (Phi) is 8.53. The molecule has 5 heteroatoms. The molecule has 0 bridgehead atoms. The zero-order chi connectivity index (χ0) is 11.4. The van der Waals surface area contributed by atoms with Crippen LogP contribution in [0.4, 0.5) is 4.39 Å². The standard InChI is InChI=1S/C13H19FN2.2ClH/c14-11-3-1-2-10(8-11)9-16-13-6-4-12(15)5-7-13;;/h1-3,8,12-13,16H,4-7,9,15H2;2*1H. The summed E-state index contributed by atoms with van der Waals surface area (Å²) in [6.45, 7) is 0.748. The van der Waals surface area contributed by atoms with Crippen molar-refractivity contribution in [2.75, 3.05) is 0 Å². The molecule has 0 heterocycles. The topological polar surface area (TPSA) is 38.0 Å². The third-order valence-corrected chi connectivity index (χ3v) is 3.26. The van der Waals surface area contributed by atoms with Gasteiger partial charge < -0.3 is 11.1 Å². The van der Waals surface area contributed by atoms with E-state index in [-0.39, 0.29) is 30.6 Å². The van der Waals surface area contributed by atoms with Crippen molar-refractivity contribution in [3.8, 4) is 0 Å². The monoisotopic (exact) mass is 294 g/mol. The highest BCUT2D eigenvalue weighted by molar-refractivity contribution is 5.85. The number of rotatable bonds is 3. The van der Waals surface area contributed by atoms with Crippen LogP contribution in [0.15, 0.2) is 24.3 Å². The van der Waals surface area contributed by atoms with E-state index in [1.165, 1.54) is 6.07 Å². The molecule has 104 valence electrons. The van der Waals surface area contributed by atoms with Gasteiger partial charge in [-0.3, -0.25) is 0 Å². The number of nitrogens with two attached hydrogens (primary N) is 1. The van der Waals surface area contributed by atoms with E-state index in [4.69, 9.17) is 5.73 Å². The Hall–Kier alpha value is -0.350. The smallest absolute Gasteiger partial charge is 0.123 e. The lowest BCUT2D eigenvalue weighted by atomic mass is 9.92. The second-order valence-corrected chi connectivity index (χ2v) is 4.62. The van der Waals surface area contributed by atoms with Gasteiger partial charge in [0.15, 0.2) is 0 Å². The largest absolute Gasteiger partial charge is 0.328 e. The molecule has 0 unspecified atom stereocenters. The summed E-state index contributed by atoms with van der Waals surface area (Å²) in [6, 6.07) is 7.69. The van der Waals surface area contributed by atoms with Gasteiger partial charge in [0.2, 0.25) is 0 Å². The van der Waals surface area contributed by atoms with Gasteiger partial charge in [0.25, 0.3) is 0 Å². The van der Waals surface area contributed by atoms with E-state index in [0.717, 1.165) is 37.8 Å². The van der Waals surface area contributed by atoms with E-state index in [2.05, 4.69) is 5.32 Å². The lowest BCUT2D eigenvalue weighted by molar-refractivity contribution is 0.341. The highest BCUT2D eigenvalue weighted by atomic mass is 35.5. The van der Waals surface area contributed by atoms with Crippen molar-refractivity contribution in [1.29, 1.82) is 0 Å². The van der Waals surface area contributed by atoms with E-state index >= 15 is 0 Å². The molecule has 18 heavy (non-hydrogen) atoms. The van der Waals surface area contributed by atoms with E-state index in [0.29, 0.717) is 12.1 Å². The van der Waals surface area contributed by atoms with Crippen molar-refractivity contribution in [3.05, 3.63) is 35.6 Å². The number of halogens is 3. The van der Waals surface area contributed by atoms with E-state index in [1.807, 2.05) is 6.07 Å². The molecular weight excluding hydrogens is 274 g/mol. The van der Waals surface area contributed by atoms with Crippen molar-refractivity contribution in [1.82, 2.24) is 5.32 Å². The molecule has 0 amide bonds. The van der Waals surface area contributed by atoms with Crippen molar-refractivity contribution < 1.29 is 4.39 Å². The van der Waals surface area contributed by atoms with E-state index < -0.39 is 0 Å². The summed E-state index contributed by atoms with van der Waals surface area (Å²) in [5.41, 5.74) is 6.86. The summed E-state index contributed by atoms with van der Waals surface area (Å²) in [6.07, 6.45) is 4.47. The molecule has 3 N–H and O–H groups in total. The van der Waals surface area contributed by atoms with Gasteiger partial charge >= 0.3 is 0 Å². The highest BCUT2D eigenvalue weighted by Gasteiger charge is 2.17. The third-order valence-electron chi connectivity index (χ3n) is 3.26. The predicted octanol–water partition coefficient (Wildman–Crippen LogP) is 3.03. The number of hydrogen-bond acceptors (Lipinski definition) is 2. The quantitative estimate of drug-likeness (QED) is 0.899.